The van der Waals surface area contributed by atoms with E-state index in [0.29, 0.717) is 0 Å². The molecule has 0 radical (unpaired) electrons. The Hall–Kier alpha value is -3.82. The van der Waals surface area contributed by atoms with Crippen LogP contribution in [0.15, 0.2) is 41.3 Å². The molecular formula is C21H16F3NO6. The molecule has 162 valence electrons. The topological polar surface area (TPSA) is 83.8 Å². The third-order valence-corrected chi connectivity index (χ3v) is 4.46. The Morgan fingerprint density at radius 1 is 0.935 bits per heavy atom. The number of carbonyl (C=O) groups is 2. The van der Waals surface area contributed by atoms with Crippen LogP contribution in [0, 0.1) is 17.5 Å². The van der Waals surface area contributed by atoms with Gasteiger partial charge in [0.2, 0.25) is 0 Å². The highest BCUT2D eigenvalue weighted by Gasteiger charge is 2.18. The van der Waals surface area contributed by atoms with Crippen LogP contribution in [0.3, 0.4) is 0 Å². The Kier molecular flexibility index (Phi) is 6.28. The molecular weight excluding hydrogens is 419 g/mol. The zero-order valence-electron chi connectivity index (χ0n) is 16.4. The summed E-state index contributed by atoms with van der Waals surface area (Å²) >= 11 is 0. The van der Waals surface area contributed by atoms with E-state index < -0.39 is 48.1 Å². The fourth-order valence-corrected chi connectivity index (χ4v) is 2.92. The molecule has 31 heavy (non-hydrogen) atoms. The van der Waals surface area contributed by atoms with Crippen molar-refractivity contribution in [1.29, 1.82) is 0 Å². The number of benzene rings is 2. The quantitative estimate of drug-likeness (QED) is 0.438. The van der Waals surface area contributed by atoms with Crippen molar-refractivity contribution in [2.75, 3.05) is 20.8 Å². The summed E-state index contributed by atoms with van der Waals surface area (Å²) in [6.45, 7) is -0.860. The molecule has 0 spiro atoms. The van der Waals surface area contributed by atoms with E-state index in [0.717, 1.165) is 23.8 Å². The van der Waals surface area contributed by atoms with Gasteiger partial charge in [-0.15, -0.1) is 0 Å². The normalized spacial score (nSPS) is 10.7. The molecule has 7 nitrogen and oxygen atoms in total. The Morgan fingerprint density at radius 3 is 2.19 bits per heavy atom. The monoisotopic (exact) mass is 435 g/mol. The Labute approximate surface area is 173 Å². The molecule has 0 aliphatic heterocycles. The number of pyridine rings is 1. The number of aromatic nitrogens is 1. The highest BCUT2D eigenvalue weighted by molar-refractivity contribution is 5.97. The molecule has 10 heteroatoms. The molecule has 0 aliphatic rings. The average molecular weight is 435 g/mol. The molecule has 3 rings (SSSR count). The molecule has 1 heterocycles. The van der Waals surface area contributed by atoms with Crippen LogP contribution in [-0.2, 0) is 25.6 Å². The van der Waals surface area contributed by atoms with Gasteiger partial charge in [-0.05, 0) is 35.9 Å². The minimum absolute atomic E-state index is 0.0786. The van der Waals surface area contributed by atoms with Crippen molar-refractivity contribution in [3.05, 3.63) is 64.3 Å². The molecule has 0 aliphatic carbocycles. The molecule has 0 saturated heterocycles. The fraction of sp³-hybridized carbons (Fsp3) is 0.190. The van der Waals surface area contributed by atoms with E-state index in [1.165, 1.54) is 31.5 Å². The highest BCUT2D eigenvalue weighted by Crippen LogP contribution is 2.31. The van der Waals surface area contributed by atoms with Crippen molar-refractivity contribution >= 4 is 22.7 Å². The van der Waals surface area contributed by atoms with Crippen molar-refractivity contribution in [3.63, 3.8) is 0 Å². The zero-order chi connectivity index (χ0) is 22.7. The van der Waals surface area contributed by atoms with Gasteiger partial charge in [0.25, 0.3) is 5.56 Å². The van der Waals surface area contributed by atoms with E-state index in [1.54, 1.807) is 0 Å². The molecule has 0 fully saturated rings. The average Bonchev–Trinajstić information content (AvgIpc) is 2.76. The number of hydrogen-bond donors (Lipinski definition) is 0. The van der Waals surface area contributed by atoms with Gasteiger partial charge < -0.3 is 18.8 Å². The number of fused-ring (bicyclic) bond motifs is 1. The van der Waals surface area contributed by atoms with E-state index in [2.05, 4.69) is 9.47 Å². The largest absolute Gasteiger partial charge is 0.482 e. The number of ether oxygens (including phenoxy) is 3. The zero-order valence-corrected chi connectivity index (χ0v) is 16.4. The number of nitrogens with zero attached hydrogens (tertiary/aromatic N) is 1. The number of rotatable bonds is 6. The third-order valence-electron chi connectivity index (χ3n) is 4.46. The lowest BCUT2D eigenvalue weighted by Crippen LogP contribution is -2.25. The van der Waals surface area contributed by atoms with Crippen LogP contribution in [0.1, 0.15) is 0 Å². The van der Waals surface area contributed by atoms with Gasteiger partial charge in [-0.1, -0.05) is 0 Å². The summed E-state index contributed by atoms with van der Waals surface area (Å²) in [5.74, 6) is -5.68. The van der Waals surface area contributed by atoms with Crippen molar-refractivity contribution in [2.45, 2.75) is 6.54 Å². The van der Waals surface area contributed by atoms with Crippen molar-refractivity contribution in [2.24, 2.45) is 0 Å². The summed E-state index contributed by atoms with van der Waals surface area (Å²) in [6, 6.07) is 5.70. The molecule has 0 N–H and O–H groups in total. The summed E-state index contributed by atoms with van der Waals surface area (Å²) in [7, 11) is 2.33. The van der Waals surface area contributed by atoms with Gasteiger partial charge in [-0.2, -0.15) is 0 Å². The molecule has 0 saturated carbocycles. The van der Waals surface area contributed by atoms with Crippen LogP contribution in [-0.4, -0.2) is 37.3 Å². The van der Waals surface area contributed by atoms with E-state index >= 15 is 0 Å². The summed E-state index contributed by atoms with van der Waals surface area (Å²) in [5.41, 5.74) is -0.531. The summed E-state index contributed by atoms with van der Waals surface area (Å²) in [6.07, 6.45) is 1.21. The standard InChI is InChI=1S/C21H16F3NO6/c1-29-18(26)9-25-8-15(11-5-16(22)20(24)17(23)6-11)14-7-12(31-10-19(27)30-2)3-4-13(14)21(25)28/h3-8H,9-10H2,1-2H3. The first-order chi connectivity index (χ1) is 14.7. The second kappa shape index (κ2) is 8.90. The summed E-state index contributed by atoms with van der Waals surface area (Å²) in [5, 5.41) is 0.302. The van der Waals surface area contributed by atoms with E-state index in [-0.39, 0.29) is 27.6 Å². The fourth-order valence-electron chi connectivity index (χ4n) is 2.92. The minimum atomic E-state index is -1.64. The van der Waals surface area contributed by atoms with Gasteiger partial charge in [0.05, 0.1) is 14.2 Å². The predicted octanol–water partition coefficient (Wildman–Crippen LogP) is 2.81. The maximum Gasteiger partial charge on any atom is 0.343 e. The van der Waals surface area contributed by atoms with Gasteiger partial charge in [0.15, 0.2) is 24.1 Å². The van der Waals surface area contributed by atoms with E-state index in [4.69, 9.17) is 4.74 Å². The first-order valence-corrected chi connectivity index (χ1v) is 8.83. The molecule has 3 aromatic rings. The summed E-state index contributed by atoms with van der Waals surface area (Å²) in [4.78, 5) is 35.8. The molecule has 0 unspecified atom stereocenters. The number of methoxy groups -OCH3 is 2. The van der Waals surface area contributed by atoms with Crippen molar-refractivity contribution in [3.8, 4) is 16.9 Å². The van der Waals surface area contributed by atoms with Gasteiger partial charge in [0, 0.05) is 22.5 Å². The number of halogens is 3. The lowest BCUT2D eigenvalue weighted by molar-refractivity contribution is -0.143. The maximum atomic E-state index is 13.9. The van der Waals surface area contributed by atoms with Crippen molar-refractivity contribution < 1.29 is 37.0 Å². The first kappa shape index (κ1) is 21.9. The van der Waals surface area contributed by atoms with E-state index in [9.17, 15) is 27.6 Å². The van der Waals surface area contributed by atoms with Crippen LogP contribution in [0.4, 0.5) is 13.2 Å². The van der Waals surface area contributed by atoms with Crippen molar-refractivity contribution in [1.82, 2.24) is 4.57 Å². The van der Waals surface area contributed by atoms with Gasteiger partial charge >= 0.3 is 11.9 Å². The molecule has 0 atom stereocenters. The number of carbonyl (C=O) groups excluding carboxylic acids is 2. The predicted molar refractivity (Wildman–Crippen MR) is 103 cm³/mol. The first-order valence-electron chi connectivity index (χ1n) is 8.83. The lowest BCUT2D eigenvalue weighted by atomic mass is 10.00. The number of esters is 2. The van der Waals surface area contributed by atoms with E-state index in [1.807, 2.05) is 0 Å². The Bertz CT molecular complexity index is 1210. The Balaban J connectivity index is 2.24. The smallest absolute Gasteiger partial charge is 0.343 e. The molecule has 1 aromatic heterocycles. The lowest BCUT2D eigenvalue weighted by Gasteiger charge is -2.14. The van der Waals surface area contributed by atoms with Crippen LogP contribution in [0.25, 0.3) is 21.9 Å². The molecule has 0 amide bonds. The second-order valence-corrected chi connectivity index (χ2v) is 6.38. The maximum absolute atomic E-state index is 13.9. The van der Waals surface area contributed by atoms with Crippen LogP contribution in [0.2, 0.25) is 0 Å². The van der Waals surface area contributed by atoms with Gasteiger partial charge in [-0.25, -0.2) is 18.0 Å². The van der Waals surface area contributed by atoms with Gasteiger partial charge in [0.1, 0.15) is 12.3 Å². The summed E-state index contributed by atoms with van der Waals surface area (Å²) < 4.78 is 56.6. The highest BCUT2D eigenvalue weighted by atomic mass is 19.2. The Morgan fingerprint density at radius 2 is 1.58 bits per heavy atom. The third kappa shape index (κ3) is 4.52. The van der Waals surface area contributed by atoms with Crippen LogP contribution in [0.5, 0.6) is 5.75 Å². The SMILES string of the molecule is COC(=O)COc1ccc2c(=O)n(CC(=O)OC)cc(-c3cc(F)c(F)c(F)c3)c2c1. The second-order valence-electron chi connectivity index (χ2n) is 6.38. The minimum Gasteiger partial charge on any atom is -0.482 e. The van der Waals surface area contributed by atoms with Crippen LogP contribution >= 0.6 is 0 Å². The van der Waals surface area contributed by atoms with Gasteiger partial charge in [-0.3, -0.25) is 9.59 Å². The molecule has 0 bridgehead atoms. The van der Waals surface area contributed by atoms with Crippen LogP contribution < -0.4 is 10.3 Å². The molecule has 2 aromatic carbocycles. The number of hydrogen-bond acceptors (Lipinski definition) is 6.